The molecule has 2 aromatic rings. The molecule has 0 bridgehead atoms. The molecule has 0 fully saturated rings. The number of carbonyl (C=O) groups excluding carboxylic acids is 1. The Balaban J connectivity index is 1.82. The van der Waals surface area contributed by atoms with Gasteiger partial charge in [-0.2, -0.15) is 0 Å². The number of carbonyl (C=O) groups is 1. The molecule has 2 rings (SSSR count). The van der Waals surface area contributed by atoms with Crippen LogP contribution in [0.25, 0.3) is 0 Å². The summed E-state index contributed by atoms with van der Waals surface area (Å²) >= 11 is 1.09. The average Bonchev–Trinajstić information content (AvgIpc) is 3.07. The molecule has 9 nitrogen and oxygen atoms in total. The van der Waals surface area contributed by atoms with Gasteiger partial charge in [0.05, 0.1) is 11.5 Å². The van der Waals surface area contributed by atoms with Crippen molar-refractivity contribution >= 4 is 38.6 Å². The van der Waals surface area contributed by atoms with Crippen LogP contribution in [0.2, 0.25) is 0 Å². The minimum absolute atomic E-state index is 0.0102. The lowest BCUT2D eigenvalue weighted by Crippen LogP contribution is -2.28. The Morgan fingerprint density at radius 2 is 1.85 bits per heavy atom. The molecular weight excluding hydrogens is 380 g/mol. The highest BCUT2D eigenvalue weighted by molar-refractivity contribution is 7.91. The molecule has 0 aliphatic rings. The summed E-state index contributed by atoms with van der Waals surface area (Å²) in [5.74, 6) is -0.182. The van der Waals surface area contributed by atoms with E-state index in [1.54, 1.807) is 18.2 Å². The Morgan fingerprint density at radius 1 is 1.15 bits per heavy atom. The van der Waals surface area contributed by atoms with Gasteiger partial charge in [-0.25, -0.2) is 13.1 Å². The van der Waals surface area contributed by atoms with Crippen molar-refractivity contribution in [1.29, 1.82) is 0 Å². The Morgan fingerprint density at radius 3 is 2.46 bits per heavy atom. The van der Waals surface area contributed by atoms with Crippen LogP contribution in [0.3, 0.4) is 0 Å². The Kier molecular flexibility index (Phi) is 6.66. The third-order valence-corrected chi connectivity index (χ3v) is 6.28. The fourth-order valence-corrected chi connectivity index (χ4v) is 4.35. The van der Waals surface area contributed by atoms with Crippen molar-refractivity contribution in [2.45, 2.75) is 17.7 Å². The van der Waals surface area contributed by atoms with Gasteiger partial charge >= 0.3 is 0 Å². The van der Waals surface area contributed by atoms with Crippen LogP contribution in [0, 0.1) is 10.1 Å². The van der Waals surface area contributed by atoms with E-state index in [-0.39, 0.29) is 28.9 Å². The first-order valence-electron chi connectivity index (χ1n) is 7.59. The summed E-state index contributed by atoms with van der Waals surface area (Å²) in [5, 5.41) is 16.2. The first-order valence-corrected chi connectivity index (χ1v) is 9.89. The number of non-ortho nitro benzene ring substituents is 1. The summed E-state index contributed by atoms with van der Waals surface area (Å²) in [6, 6.07) is 9.00. The molecule has 3 N–H and O–H groups in total. The first kappa shape index (κ1) is 19.8. The average molecular weight is 398 g/mol. The maximum Gasteiger partial charge on any atom is 0.269 e. The summed E-state index contributed by atoms with van der Waals surface area (Å²) in [6.45, 7) is 2.15. The molecule has 0 saturated heterocycles. The van der Waals surface area contributed by atoms with Crippen molar-refractivity contribution < 1.29 is 18.1 Å². The fraction of sp³-hybridized carbons (Fsp3) is 0.267. The number of nitrogens with one attached hydrogen (secondary N) is 3. The minimum Gasteiger partial charge on any atom is -0.384 e. The summed E-state index contributed by atoms with van der Waals surface area (Å²) in [6.07, 6.45) is 0. The number of benzene rings is 1. The van der Waals surface area contributed by atoms with E-state index in [4.69, 9.17) is 0 Å². The van der Waals surface area contributed by atoms with Crippen LogP contribution in [-0.4, -0.2) is 32.3 Å². The lowest BCUT2D eigenvalue weighted by molar-refractivity contribution is -0.384. The minimum atomic E-state index is -3.62. The van der Waals surface area contributed by atoms with Crippen LogP contribution in [-0.2, 0) is 21.4 Å². The second-order valence-corrected chi connectivity index (χ2v) is 8.42. The topological polar surface area (TPSA) is 130 Å². The van der Waals surface area contributed by atoms with Gasteiger partial charge in [-0.15, -0.1) is 11.3 Å². The third kappa shape index (κ3) is 5.79. The highest BCUT2D eigenvalue weighted by atomic mass is 32.2. The number of nitrogens with zero attached hydrogens (tertiary/aromatic N) is 1. The maximum atomic E-state index is 12.2. The Bertz CT molecular complexity index is 878. The predicted octanol–water partition coefficient (Wildman–Crippen LogP) is 1.68. The van der Waals surface area contributed by atoms with E-state index in [0.717, 1.165) is 16.2 Å². The van der Waals surface area contributed by atoms with Crippen molar-refractivity contribution in [1.82, 2.24) is 10.0 Å². The van der Waals surface area contributed by atoms with Crippen LogP contribution in [0.5, 0.6) is 0 Å². The van der Waals surface area contributed by atoms with Crippen molar-refractivity contribution in [3.05, 3.63) is 51.4 Å². The first-order chi connectivity index (χ1) is 12.3. The molecule has 140 valence electrons. The molecule has 1 aromatic carbocycles. The SMILES string of the molecule is CC(=O)NCc1ccc(S(=O)(=O)NCCNc2ccc([N+](=O)[O-])cc2)s1. The van der Waals surface area contributed by atoms with Crippen molar-refractivity contribution in [3.8, 4) is 0 Å². The standard InChI is InChI=1S/C15H18N4O5S2/c1-11(20)17-10-14-6-7-15(25-14)26(23,24)18-9-8-16-12-2-4-13(5-3-12)19(21)22/h2-7,16,18H,8-10H2,1H3,(H,17,20). The zero-order chi connectivity index (χ0) is 19.2. The van der Waals surface area contributed by atoms with E-state index in [1.807, 2.05) is 0 Å². The summed E-state index contributed by atoms with van der Waals surface area (Å²) in [7, 11) is -3.62. The quantitative estimate of drug-likeness (QED) is 0.335. The summed E-state index contributed by atoms with van der Waals surface area (Å²) in [5.41, 5.74) is 0.646. The second-order valence-electron chi connectivity index (χ2n) is 5.26. The number of nitro groups is 1. The summed E-state index contributed by atoms with van der Waals surface area (Å²) in [4.78, 5) is 21.7. The highest BCUT2D eigenvalue weighted by Crippen LogP contribution is 2.21. The molecule has 26 heavy (non-hydrogen) atoms. The second kappa shape index (κ2) is 8.74. The molecule has 0 saturated carbocycles. The fourth-order valence-electron chi connectivity index (χ4n) is 1.97. The van der Waals surface area contributed by atoms with E-state index in [0.29, 0.717) is 12.2 Å². The van der Waals surface area contributed by atoms with Crippen LogP contribution in [0.4, 0.5) is 11.4 Å². The number of hydrogen-bond donors (Lipinski definition) is 3. The Labute approximate surface area is 154 Å². The van der Waals surface area contributed by atoms with E-state index in [9.17, 15) is 23.3 Å². The summed E-state index contributed by atoms with van der Waals surface area (Å²) < 4.78 is 27.1. The van der Waals surface area contributed by atoms with Gasteiger partial charge in [0.25, 0.3) is 5.69 Å². The van der Waals surface area contributed by atoms with Crippen LogP contribution < -0.4 is 15.4 Å². The number of nitro benzene ring substituents is 1. The molecule has 1 heterocycles. The lowest BCUT2D eigenvalue weighted by atomic mass is 10.3. The van der Waals surface area contributed by atoms with E-state index < -0.39 is 14.9 Å². The number of sulfonamides is 1. The number of hydrogen-bond acceptors (Lipinski definition) is 7. The van der Waals surface area contributed by atoms with Gasteiger partial charge in [0.15, 0.2) is 0 Å². The molecule has 0 unspecified atom stereocenters. The van der Waals surface area contributed by atoms with E-state index in [2.05, 4.69) is 15.4 Å². The highest BCUT2D eigenvalue weighted by Gasteiger charge is 2.16. The maximum absolute atomic E-state index is 12.2. The van der Waals surface area contributed by atoms with Gasteiger partial charge in [0.2, 0.25) is 15.9 Å². The van der Waals surface area contributed by atoms with E-state index in [1.165, 1.54) is 25.1 Å². The van der Waals surface area contributed by atoms with Gasteiger partial charge < -0.3 is 10.6 Å². The third-order valence-electron chi connectivity index (χ3n) is 3.24. The van der Waals surface area contributed by atoms with E-state index >= 15 is 0 Å². The number of amides is 1. The van der Waals surface area contributed by atoms with Crippen LogP contribution >= 0.6 is 11.3 Å². The normalized spacial score (nSPS) is 11.1. The predicted molar refractivity (Wildman–Crippen MR) is 98.6 cm³/mol. The van der Waals surface area contributed by atoms with Crippen molar-refractivity contribution in [2.75, 3.05) is 18.4 Å². The number of thiophene rings is 1. The zero-order valence-corrected chi connectivity index (χ0v) is 15.5. The van der Waals surface area contributed by atoms with Gasteiger partial charge in [0.1, 0.15) is 4.21 Å². The molecule has 0 aliphatic carbocycles. The van der Waals surface area contributed by atoms with Crippen molar-refractivity contribution in [2.24, 2.45) is 0 Å². The largest absolute Gasteiger partial charge is 0.384 e. The van der Waals surface area contributed by atoms with Crippen LogP contribution in [0.1, 0.15) is 11.8 Å². The van der Waals surface area contributed by atoms with Gasteiger partial charge in [-0.05, 0) is 24.3 Å². The molecule has 0 spiro atoms. The molecule has 11 heteroatoms. The number of rotatable bonds is 9. The molecule has 1 amide bonds. The molecule has 0 atom stereocenters. The lowest BCUT2D eigenvalue weighted by Gasteiger charge is -2.07. The molecule has 0 aliphatic heterocycles. The molecular formula is C15H18N4O5S2. The van der Waals surface area contributed by atoms with Gasteiger partial charge in [-0.3, -0.25) is 14.9 Å². The number of anilines is 1. The smallest absolute Gasteiger partial charge is 0.269 e. The zero-order valence-electron chi connectivity index (χ0n) is 13.9. The van der Waals surface area contributed by atoms with Gasteiger partial charge in [-0.1, -0.05) is 0 Å². The molecule has 0 radical (unpaired) electrons. The Hall–Kier alpha value is -2.50. The van der Waals surface area contributed by atoms with Crippen molar-refractivity contribution in [3.63, 3.8) is 0 Å². The van der Waals surface area contributed by atoms with Crippen LogP contribution in [0.15, 0.2) is 40.6 Å². The van der Waals surface area contributed by atoms with Gasteiger partial charge in [0, 0.05) is 42.7 Å². The monoisotopic (exact) mass is 398 g/mol. The molecule has 1 aromatic heterocycles.